The molecular weight excluding hydrogens is 456 g/mol. The van der Waals surface area contributed by atoms with Crippen molar-refractivity contribution in [3.05, 3.63) is 64.1 Å². The minimum atomic E-state index is -0.716. The van der Waals surface area contributed by atoms with Gasteiger partial charge in [-0.15, -0.1) is 0 Å². The Morgan fingerprint density at radius 2 is 1.88 bits per heavy atom. The number of nitriles is 1. The van der Waals surface area contributed by atoms with Crippen LogP contribution in [0.1, 0.15) is 37.5 Å². The van der Waals surface area contributed by atoms with Crippen LogP contribution >= 0.6 is 11.8 Å². The van der Waals surface area contributed by atoms with Gasteiger partial charge in [-0.1, -0.05) is 24.3 Å². The van der Waals surface area contributed by atoms with E-state index >= 15 is 0 Å². The van der Waals surface area contributed by atoms with E-state index in [2.05, 4.69) is 6.07 Å². The van der Waals surface area contributed by atoms with Gasteiger partial charge in [0.25, 0.3) is 11.1 Å². The standard InChI is InChI=1S/C25H24N2O6S/c1-25(2,3)33-22(28)14-27-23(29)21(34-24(27)30)12-16-9-10-19(20(11-16)31-4)32-15-18-8-6-5-7-17(18)13-26/h5-12H,14-15H2,1-4H3. The molecule has 1 saturated heterocycles. The van der Waals surface area contributed by atoms with E-state index in [1.54, 1.807) is 57.2 Å². The summed E-state index contributed by atoms with van der Waals surface area (Å²) in [6, 6.07) is 14.4. The number of carbonyl (C=O) groups excluding carboxylic acids is 3. The largest absolute Gasteiger partial charge is 0.493 e. The van der Waals surface area contributed by atoms with Crippen LogP contribution in [-0.4, -0.2) is 41.3 Å². The molecule has 0 aliphatic carbocycles. The number of ether oxygens (including phenoxy) is 3. The van der Waals surface area contributed by atoms with E-state index < -0.39 is 29.3 Å². The van der Waals surface area contributed by atoms with Crippen molar-refractivity contribution in [2.24, 2.45) is 0 Å². The molecule has 1 aliphatic rings. The van der Waals surface area contributed by atoms with Crippen LogP contribution in [0.3, 0.4) is 0 Å². The van der Waals surface area contributed by atoms with E-state index in [1.165, 1.54) is 7.11 Å². The first-order valence-electron chi connectivity index (χ1n) is 10.4. The third-order valence-corrected chi connectivity index (χ3v) is 5.49. The molecule has 1 fully saturated rings. The Morgan fingerprint density at radius 1 is 1.15 bits per heavy atom. The number of methoxy groups -OCH3 is 1. The maximum absolute atomic E-state index is 12.7. The lowest BCUT2D eigenvalue weighted by Gasteiger charge is -2.21. The monoisotopic (exact) mass is 480 g/mol. The number of carbonyl (C=O) groups is 3. The van der Waals surface area contributed by atoms with Crippen molar-refractivity contribution in [2.45, 2.75) is 33.0 Å². The van der Waals surface area contributed by atoms with Crippen molar-refractivity contribution in [2.75, 3.05) is 13.7 Å². The number of rotatable bonds is 7. The molecular formula is C25H24N2O6S. The summed E-state index contributed by atoms with van der Waals surface area (Å²) in [7, 11) is 1.49. The summed E-state index contributed by atoms with van der Waals surface area (Å²) >= 11 is 0.754. The van der Waals surface area contributed by atoms with Crippen LogP contribution in [0.5, 0.6) is 11.5 Å². The smallest absolute Gasteiger partial charge is 0.326 e. The molecule has 9 heteroatoms. The van der Waals surface area contributed by atoms with E-state index in [0.717, 1.165) is 22.2 Å². The molecule has 1 heterocycles. The van der Waals surface area contributed by atoms with Crippen molar-refractivity contribution in [3.8, 4) is 17.6 Å². The zero-order valence-electron chi connectivity index (χ0n) is 19.3. The molecule has 0 unspecified atom stereocenters. The van der Waals surface area contributed by atoms with Crippen LogP contribution in [0.25, 0.3) is 6.08 Å². The van der Waals surface area contributed by atoms with Crippen molar-refractivity contribution >= 4 is 35.0 Å². The molecule has 0 bridgehead atoms. The third kappa shape index (κ3) is 6.17. The Labute approximate surface area is 202 Å². The highest BCUT2D eigenvalue weighted by atomic mass is 32.2. The average molecular weight is 481 g/mol. The summed E-state index contributed by atoms with van der Waals surface area (Å²) < 4.78 is 16.5. The van der Waals surface area contributed by atoms with Gasteiger partial charge in [0.05, 0.1) is 23.6 Å². The molecule has 2 aromatic rings. The number of benzene rings is 2. The van der Waals surface area contributed by atoms with E-state index in [9.17, 15) is 19.6 Å². The summed E-state index contributed by atoms with van der Waals surface area (Å²) in [5.41, 5.74) is 1.17. The Bertz CT molecular complexity index is 1190. The van der Waals surface area contributed by atoms with Gasteiger partial charge < -0.3 is 14.2 Å². The zero-order chi connectivity index (χ0) is 24.9. The molecule has 2 aromatic carbocycles. The minimum Gasteiger partial charge on any atom is -0.493 e. The second-order valence-corrected chi connectivity index (χ2v) is 9.32. The molecule has 0 saturated carbocycles. The molecule has 176 valence electrons. The van der Waals surface area contributed by atoms with Gasteiger partial charge in [-0.05, 0) is 62.4 Å². The quantitative estimate of drug-likeness (QED) is 0.421. The van der Waals surface area contributed by atoms with Crippen LogP contribution in [-0.2, 0) is 20.9 Å². The third-order valence-electron chi connectivity index (χ3n) is 4.59. The van der Waals surface area contributed by atoms with Gasteiger partial charge in [0.2, 0.25) is 0 Å². The summed E-state index contributed by atoms with van der Waals surface area (Å²) in [6.07, 6.45) is 1.55. The molecule has 1 aliphatic heterocycles. The van der Waals surface area contributed by atoms with Crippen LogP contribution in [0.4, 0.5) is 4.79 Å². The van der Waals surface area contributed by atoms with Gasteiger partial charge in [-0.25, -0.2) is 0 Å². The normalized spacial score (nSPS) is 14.8. The number of nitrogens with zero attached hydrogens (tertiary/aromatic N) is 2. The molecule has 3 rings (SSSR count). The maximum Gasteiger partial charge on any atom is 0.326 e. The topological polar surface area (TPSA) is 106 Å². The summed E-state index contributed by atoms with van der Waals surface area (Å²) in [4.78, 5) is 38.1. The van der Waals surface area contributed by atoms with E-state index in [0.29, 0.717) is 22.6 Å². The highest BCUT2D eigenvalue weighted by Gasteiger charge is 2.37. The first-order chi connectivity index (χ1) is 16.1. The van der Waals surface area contributed by atoms with Crippen molar-refractivity contribution < 1.29 is 28.6 Å². The Morgan fingerprint density at radius 3 is 2.56 bits per heavy atom. The van der Waals surface area contributed by atoms with E-state index in [4.69, 9.17) is 14.2 Å². The first kappa shape index (κ1) is 24.9. The number of amides is 2. The zero-order valence-corrected chi connectivity index (χ0v) is 20.1. The van der Waals surface area contributed by atoms with Crippen molar-refractivity contribution in [1.29, 1.82) is 5.26 Å². The molecule has 0 spiro atoms. The molecule has 34 heavy (non-hydrogen) atoms. The molecule has 0 aromatic heterocycles. The molecule has 0 atom stereocenters. The lowest BCUT2D eigenvalue weighted by Crippen LogP contribution is -2.37. The first-order valence-corrected chi connectivity index (χ1v) is 11.2. The maximum atomic E-state index is 12.7. The number of esters is 1. The van der Waals surface area contributed by atoms with Gasteiger partial charge in [0, 0.05) is 5.56 Å². The van der Waals surface area contributed by atoms with Crippen LogP contribution in [0.2, 0.25) is 0 Å². The molecule has 0 N–H and O–H groups in total. The lowest BCUT2D eigenvalue weighted by atomic mass is 10.1. The van der Waals surface area contributed by atoms with Crippen LogP contribution in [0, 0.1) is 11.3 Å². The second-order valence-electron chi connectivity index (χ2n) is 8.32. The highest BCUT2D eigenvalue weighted by molar-refractivity contribution is 8.18. The SMILES string of the molecule is COc1cc(C=C2SC(=O)N(CC(=O)OC(C)(C)C)C2=O)ccc1OCc1ccccc1C#N. The molecule has 0 radical (unpaired) electrons. The predicted octanol–water partition coefficient (Wildman–Crippen LogP) is 4.52. The van der Waals surface area contributed by atoms with Gasteiger partial charge in [-0.3, -0.25) is 19.3 Å². The Hall–Kier alpha value is -3.77. The fourth-order valence-electron chi connectivity index (χ4n) is 3.09. The summed E-state index contributed by atoms with van der Waals surface area (Å²) in [5, 5.41) is 8.69. The average Bonchev–Trinajstić information content (AvgIpc) is 3.04. The van der Waals surface area contributed by atoms with Gasteiger partial charge >= 0.3 is 5.97 Å². The fourth-order valence-corrected chi connectivity index (χ4v) is 3.93. The lowest BCUT2D eigenvalue weighted by molar-refractivity contribution is -0.156. The van der Waals surface area contributed by atoms with Gasteiger partial charge in [0.15, 0.2) is 11.5 Å². The second kappa shape index (κ2) is 10.4. The Balaban J connectivity index is 1.73. The number of hydrogen-bond donors (Lipinski definition) is 0. The molecule has 8 nitrogen and oxygen atoms in total. The number of hydrogen-bond acceptors (Lipinski definition) is 8. The number of thioether (sulfide) groups is 1. The van der Waals surface area contributed by atoms with Crippen molar-refractivity contribution in [3.63, 3.8) is 0 Å². The molecule has 2 amide bonds. The van der Waals surface area contributed by atoms with Gasteiger partial charge in [-0.2, -0.15) is 5.26 Å². The predicted molar refractivity (Wildman–Crippen MR) is 127 cm³/mol. The van der Waals surface area contributed by atoms with E-state index in [1.807, 2.05) is 12.1 Å². The van der Waals surface area contributed by atoms with Crippen LogP contribution < -0.4 is 9.47 Å². The Kier molecular flexibility index (Phi) is 7.64. The van der Waals surface area contributed by atoms with E-state index in [-0.39, 0.29) is 11.5 Å². The summed E-state index contributed by atoms with van der Waals surface area (Å²) in [5.74, 6) is -0.327. The number of imide groups is 1. The highest BCUT2D eigenvalue weighted by Crippen LogP contribution is 2.35. The fraction of sp³-hybridized carbons (Fsp3) is 0.280. The minimum absolute atomic E-state index is 0.184. The van der Waals surface area contributed by atoms with Crippen LogP contribution in [0.15, 0.2) is 47.4 Å². The summed E-state index contributed by atoms with van der Waals surface area (Å²) in [6.45, 7) is 4.87. The van der Waals surface area contributed by atoms with Crippen molar-refractivity contribution in [1.82, 2.24) is 4.90 Å². The van der Waals surface area contributed by atoms with Gasteiger partial charge in [0.1, 0.15) is 18.8 Å².